The highest BCUT2D eigenvalue weighted by molar-refractivity contribution is 7.16. The largest absolute Gasteiger partial charge is 0.456 e. The topological polar surface area (TPSA) is 105 Å². The van der Waals surface area contributed by atoms with Crippen LogP contribution in [0.1, 0.15) is 45.9 Å². The van der Waals surface area contributed by atoms with Crippen molar-refractivity contribution in [3.8, 4) is 6.07 Å². The first-order valence-corrected chi connectivity index (χ1v) is 9.23. The molecule has 1 N–H and O–H groups in total. The van der Waals surface area contributed by atoms with Crippen LogP contribution in [-0.4, -0.2) is 23.6 Å². The molecule has 1 aliphatic rings. The molecule has 0 aromatic carbocycles. The Bertz CT molecular complexity index is 872. The molecule has 0 saturated carbocycles. The van der Waals surface area contributed by atoms with Crippen molar-refractivity contribution >= 4 is 28.2 Å². The van der Waals surface area contributed by atoms with Gasteiger partial charge in [-0.1, -0.05) is 5.16 Å². The number of carbonyl (C=O) groups excluding carboxylic acids is 2. The van der Waals surface area contributed by atoms with Gasteiger partial charge >= 0.3 is 5.97 Å². The molecule has 0 radical (unpaired) electrons. The van der Waals surface area contributed by atoms with Crippen molar-refractivity contribution in [1.82, 2.24) is 5.16 Å². The number of anilines is 1. The van der Waals surface area contributed by atoms with Crippen molar-refractivity contribution in [2.24, 2.45) is 0 Å². The Kier molecular flexibility index (Phi) is 5.38. The highest BCUT2D eigenvalue weighted by Crippen LogP contribution is 2.38. The fraction of sp³-hybridized carbons (Fsp3) is 0.444. The van der Waals surface area contributed by atoms with Crippen molar-refractivity contribution in [3.63, 3.8) is 0 Å². The number of hydrogen-bond donors (Lipinski definition) is 1. The van der Waals surface area contributed by atoms with Gasteiger partial charge in [-0.05, 0) is 45.1 Å². The van der Waals surface area contributed by atoms with Gasteiger partial charge < -0.3 is 14.6 Å². The smallest absolute Gasteiger partial charge is 0.306 e. The normalized spacial score (nSPS) is 12.5. The number of nitrogens with zero attached hydrogens (tertiary/aromatic N) is 2. The summed E-state index contributed by atoms with van der Waals surface area (Å²) in [6.07, 6.45) is 3.47. The molecule has 1 aliphatic carbocycles. The molecule has 0 bridgehead atoms. The van der Waals surface area contributed by atoms with Crippen molar-refractivity contribution in [2.45, 2.75) is 46.0 Å². The van der Waals surface area contributed by atoms with Gasteiger partial charge in [-0.15, -0.1) is 11.3 Å². The lowest BCUT2D eigenvalue weighted by atomic mass is 10.1. The van der Waals surface area contributed by atoms with E-state index in [1.165, 1.54) is 11.3 Å². The van der Waals surface area contributed by atoms with Crippen molar-refractivity contribution in [2.75, 3.05) is 11.9 Å². The van der Waals surface area contributed by atoms with Crippen LogP contribution in [0.5, 0.6) is 0 Å². The van der Waals surface area contributed by atoms with Gasteiger partial charge in [0.1, 0.15) is 16.8 Å². The number of fused-ring (bicyclic) bond motifs is 1. The molecular weight excluding hydrogens is 354 g/mol. The fourth-order valence-corrected chi connectivity index (χ4v) is 4.33. The number of nitriles is 1. The molecule has 0 unspecified atom stereocenters. The van der Waals surface area contributed by atoms with Crippen molar-refractivity contribution in [1.29, 1.82) is 5.26 Å². The van der Waals surface area contributed by atoms with Gasteiger partial charge in [-0.2, -0.15) is 5.26 Å². The van der Waals surface area contributed by atoms with E-state index in [-0.39, 0.29) is 13.0 Å². The Balaban J connectivity index is 1.49. The maximum absolute atomic E-state index is 12.0. The van der Waals surface area contributed by atoms with Crippen LogP contribution in [0.4, 0.5) is 5.00 Å². The molecular formula is C18H19N3O4S. The molecule has 0 saturated heterocycles. The van der Waals surface area contributed by atoms with E-state index in [1.54, 1.807) is 6.92 Å². The lowest BCUT2D eigenvalue weighted by Gasteiger charge is -2.06. The van der Waals surface area contributed by atoms with Crippen LogP contribution in [0.3, 0.4) is 0 Å². The predicted octanol–water partition coefficient (Wildman–Crippen LogP) is 2.83. The van der Waals surface area contributed by atoms with Gasteiger partial charge in [0, 0.05) is 16.9 Å². The lowest BCUT2D eigenvalue weighted by Crippen LogP contribution is -2.21. The van der Waals surface area contributed by atoms with Crippen LogP contribution in [-0.2, 0) is 33.6 Å². The van der Waals surface area contributed by atoms with E-state index in [1.807, 2.05) is 6.92 Å². The van der Waals surface area contributed by atoms with Gasteiger partial charge in [0.25, 0.3) is 5.91 Å². The minimum atomic E-state index is -0.464. The molecule has 2 aromatic heterocycles. The van der Waals surface area contributed by atoms with E-state index >= 15 is 0 Å². The maximum atomic E-state index is 12.0. The van der Waals surface area contributed by atoms with Crippen LogP contribution in [0, 0.1) is 25.2 Å². The third-order valence-corrected chi connectivity index (χ3v) is 5.62. The van der Waals surface area contributed by atoms with E-state index in [9.17, 15) is 14.9 Å². The van der Waals surface area contributed by atoms with Gasteiger partial charge in [-0.25, -0.2) is 0 Å². The first-order chi connectivity index (χ1) is 12.5. The first kappa shape index (κ1) is 18.1. The Morgan fingerprint density at radius 1 is 1.38 bits per heavy atom. The van der Waals surface area contributed by atoms with Crippen LogP contribution < -0.4 is 5.32 Å². The molecule has 1 amide bonds. The minimum absolute atomic E-state index is 0.146. The molecule has 2 heterocycles. The number of ether oxygens (including phenoxy) is 1. The van der Waals surface area contributed by atoms with E-state index < -0.39 is 11.9 Å². The number of aromatic nitrogens is 1. The quantitative estimate of drug-likeness (QED) is 0.781. The standard InChI is InChI=1S/C18H19N3O4S/c1-10-12(11(2)25-21-10)6-7-17(23)24-9-16(22)20-18-14(8-19)13-4-3-5-15(13)26-18/h3-7,9H2,1-2H3,(H,20,22). The summed E-state index contributed by atoms with van der Waals surface area (Å²) in [7, 11) is 0. The number of carbonyl (C=O) groups is 2. The molecule has 7 nitrogen and oxygen atoms in total. The number of amides is 1. The van der Waals surface area contributed by atoms with Gasteiger partial charge in [-0.3, -0.25) is 9.59 Å². The molecule has 26 heavy (non-hydrogen) atoms. The molecule has 3 rings (SSSR count). The third-order valence-electron chi connectivity index (χ3n) is 4.41. The van der Waals surface area contributed by atoms with E-state index in [0.717, 1.165) is 41.0 Å². The molecule has 136 valence electrons. The molecule has 0 fully saturated rings. The Morgan fingerprint density at radius 3 is 2.88 bits per heavy atom. The van der Waals surface area contributed by atoms with Gasteiger partial charge in [0.05, 0.1) is 11.3 Å². The minimum Gasteiger partial charge on any atom is -0.456 e. The third kappa shape index (κ3) is 3.78. The summed E-state index contributed by atoms with van der Waals surface area (Å²) in [6, 6.07) is 2.17. The average molecular weight is 373 g/mol. The molecule has 8 heteroatoms. The average Bonchev–Trinajstić information content (AvgIpc) is 3.27. The monoisotopic (exact) mass is 373 g/mol. The van der Waals surface area contributed by atoms with Crippen LogP contribution in [0.2, 0.25) is 0 Å². The SMILES string of the molecule is Cc1noc(C)c1CCC(=O)OCC(=O)Nc1sc2c(c1C#N)CCC2. The van der Waals surface area contributed by atoms with E-state index in [2.05, 4.69) is 16.5 Å². The number of thiophene rings is 1. The zero-order chi connectivity index (χ0) is 18.7. The summed E-state index contributed by atoms with van der Waals surface area (Å²) in [4.78, 5) is 25.0. The summed E-state index contributed by atoms with van der Waals surface area (Å²) in [5.41, 5.74) is 3.23. The number of esters is 1. The predicted molar refractivity (Wildman–Crippen MR) is 94.9 cm³/mol. The fourth-order valence-electron chi connectivity index (χ4n) is 3.08. The summed E-state index contributed by atoms with van der Waals surface area (Å²) >= 11 is 1.44. The van der Waals surface area contributed by atoms with Crippen LogP contribution >= 0.6 is 11.3 Å². The first-order valence-electron chi connectivity index (χ1n) is 8.41. The zero-order valence-corrected chi connectivity index (χ0v) is 15.5. The number of hydrogen-bond acceptors (Lipinski definition) is 7. The summed E-state index contributed by atoms with van der Waals surface area (Å²) < 4.78 is 10.1. The van der Waals surface area contributed by atoms with Crippen LogP contribution in [0.25, 0.3) is 0 Å². The van der Waals surface area contributed by atoms with Gasteiger partial charge in [0.15, 0.2) is 6.61 Å². The highest BCUT2D eigenvalue weighted by atomic mass is 32.1. The summed E-state index contributed by atoms with van der Waals surface area (Å²) in [5.74, 6) is -0.218. The molecule has 0 atom stereocenters. The lowest BCUT2D eigenvalue weighted by molar-refractivity contribution is -0.147. The summed E-state index contributed by atoms with van der Waals surface area (Å²) in [5, 5.41) is 16.4. The Hall–Kier alpha value is -2.66. The van der Waals surface area contributed by atoms with Gasteiger partial charge in [0.2, 0.25) is 0 Å². The second-order valence-electron chi connectivity index (χ2n) is 6.18. The highest BCUT2D eigenvalue weighted by Gasteiger charge is 2.23. The number of aryl methyl sites for hydroxylation is 3. The van der Waals surface area contributed by atoms with Crippen molar-refractivity contribution in [3.05, 3.63) is 33.0 Å². The summed E-state index contributed by atoms with van der Waals surface area (Å²) in [6.45, 7) is 3.24. The van der Waals surface area contributed by atoms with Crippen molar-refractivity contribution < 1.29 is 18.8 Å². The zero-order valence-electron chi connectivity index (χ0n) is 14.7. The van der Waals surface area contributed by atoms with Crippen LogP contribution in [0.15, 0.2) is 4.52 Å². The van der Waals surface area contributed by atoms with E-state index in [4.69, 9.17) is 9.26 Å². The molecule has 0 aliphatic heterocycles. The number of nitrogens with one attached hydrogen (secondary N) is 1. The Labute approximate surface area is 154 Å². The Morgan fingerprint density at radius 2 is 2.19 bits per heavy atom. The second kappa shape index (κ2) is 7.70. The second-order valence-corrected chi connectivity index (χ2v) is 7.29. The maximum Gasteiger partial charge on any atom is 0.306 e. The molecule has 0 spiro atoms. The molecule has 2 aromatic rings. The van der Waals surface area contributed by atoms with E-state index in [0.29, 0.717) is 22.7 Å². The number of rotatable bonds is 6.